The maximum atomic E-state index is 13.6. The highest BCUT2D eigenvalue weighted by Crippen LogP contribution is 2.22. The standard InChI is InChI=1S/C16H10F3NO/c17-10-4-5-14-11(7-10)12(8-20-14)15(21)6-9-2-1-3-13(18)16(9)19/h1-5,7-8,20H,6H2. The van der Waals surface area contributed by atoms with Crippen LogP contribution in [-0.2, 0) is 6.42 Å². The van der Waals surface area contributed by atoms with E-state index in [1.54, 1.807) is 0 Å². The average Bonchev–Trinajstić information content (AvgIpc) is 2.87. The van der Waals surface area contributed by atoms with Crippen molar-refractivity contribution in [1.82, 2.24) is 4.98 Å². The van der Waals surface area contributed by atoms with Crippen molar-refractivity contribution in [3.8, 4) is 0 Å². The largest absolute Gasteiger partial charge is 0.360 e. The van der Waals surface area contributed by atoms with Crippen molar-refractivity contribution in [3.63, 3.8) is 0 Å². The Morgan fingerprint density at radius 2 is 1.90 bits per heavy atom. The Balaban J connectivity index is 1.97. The zero-order valence-electron chi connectivity index (χ0n) is 10.8. The molecule has 0 unspecified atom stereocenters. The van der Waals surface area contributed by atoms with Crippen LogP contribution in [0.1, 0.15) is 15.9 Å². The molecular formula is C16H10F3NO. The molecule has 0 amide bonds. The first-order chi connectivity index (χ1) is 10.1. The Labute approximate surface area is 118 Å². The molecule has 1 heterocycles. The molecule has 2 nitrogen and oxygen atoms in total. The Hall–Kier alpha value is -2.56. The van der Waals surface area contributed by atoms with Gasteiger partial charge in [0.2, 0.25) is 0 Å². The van der Waals surface area contributed by atoms with Gasteiger partial charge >= 0.3 is 0 Å². The van der Waals surface area contributed by atoms with Crippen molar-refractivity contribution in [3.05, 3.63) is 71.2 Å². The monoisotopic (exact) mass is 289 g/mol. The summed E-state index contributed by atoms with van der Waals surface area (Å²) in [5.41, 5.74) is 0.846. The van der Waals surface area contributed by atoms with Gasteiger partial charge in [-0.1, -0.05) is 12.1 Å². The summed E-state index contributed by atoms with van der Waals surface area (Å²) in [5, 5.41) is 0.428. The fraction of sp³-hybridized carbons (Fsp3) is 0.0625. The molecule has 1 aromatic heterocycles. The highest BCUT2D eigenvalue weighted by molar-refractivity contribution is 6.08. The van der Waals surface area contributed by atoms with Crippen LogP contribution in [-0.4, -0.2) is 10.8 Å². The first-order valence-electron chi connectivity index (χ1n) is 6.29. The first-order valence-corrected chi connectivity index (χ1v) is 6.29. The molecule has 0 saturated carbocycles. The Bertz CT molecular complexity index is 839. The van der Waals surface area contributed by atoms with Crippen molar-refractivity contribution in [1.29, 1.82) is 0 Å². The molecule has 5 heteroatoms. The van der Waals surface area contributed by atoms with Crippen LogP contribution in [0.2, 0.25) is 0 Å². The zero-order chi connectivity index (χ0) is 15.0. The average molecular weight is 289 g/mol. The normalized spacial score (nSPS) is 11.0. The number of rotatable bonds is 3. The summed E-state index contributed by atoms with van der Waals surface area (Å²) in [7, 11) is 0. The number of carbonyl (C=O) groups is 1. The van der Waals surface area contributed by atoms with Gasteiger partial charge in [0.1, 0.15) is 5.82 Å². The minimum atomic E-state index is -1.03. The van der Waals surface area contributed by atoms with Gasteiger partial charge in [-0.3, -0.25) is 4.79 Å². The summed E-state index contributed by atoms with van der Waals surface area (Å²) in [6.45, 7) is 0. The number of ketones is 1. The molecule has 0 aliphatic carbocycles. The molecule has 3 rings (SSSR count). The molecule has 0 aliphatic rings. The number of H-pyrrole nitrogens is 1. The third-order valence-corrected chi connectivity index (χ3v) is 3.33. The number of aromatic nitrogens is 1. The summed E-state index contributed by atoms with van der Waals surface area (Å²) in [5.74, 6) is -2.90. The number of fused-ring (bicyclic) bond motifs is 1. The van der Waals surface area contributed by atoms with Gasteiger partial charge in [0.25, 0.3) is 0 Å². The summed E-state index contributed by atoms with van der Waals surface area (Å²) in [4.78, 5) is 15.1. The van der Waals surface area contributed by atoms with Gasteiger partial charge in [-0.05, 0) is 29.8 Å². The van der Waals surface area contributed by atoms with Crippen LogP contribution in [0.3, 0.4) is 0 Å². The highest BCUT2D eigenvalue weighted by Gasteiger charge is 2.16. The van der Waals surface area contributed by atoms with Crippen molar-refractivity contribution in [2.24, 2.45) is 0 Å². The molecule has 106 valence electrons. The molecule has 0 atom stereocenters. The van der Waals surface area contributed by atoms with Crippen LogP contribution < -0.4 is 0 Å². The molecule has 0 spiro atoms. The zero-order valence-corrected chi connectivity index (χ0v) is 10.8. The van der Waals surface area contributed by atoms with Crippen molar-refractivity contribution in [2.75, 3.05) is 0 Å². The molecule has 21 heavy (non-hydrogen) atoms. The van der Waals surface area contributed by atoms with E-state index < -0.39 is 23.2 Å². The Morgan fingerprint density at radius 1 is 1.10 bits per heavy atom. The van der Waals surface area contributed by atoms with Gasteiger partial charge in [0.05, 0.1) is 0 Å². The lowest BCUT2D eigenvalue weighted by Crippen LogP contribution is -2.05. The van der Waals surface area contributed by atoms with E-state index in [-0.39, 0.29) is 17.5 Å². The fourth-order valence-corrected chi connectivity index (χ4v) is 2.28. The molecule has 3 aromatic rings. The summed E-state index contributed by atoms with van der Waals surface area (Å²) < 4.78 is 40.0. The smallest absolute Gasteiger partial charge is 0.169 e. The second-order valence-corrected chi connectivity index (χ2v) is 4.71. The number of hydrogen-bond donors (Lipinski definition) is 1. The van der Waals surface area contributed by atoms with Gasteiger partial charge in [-0.25, -0.2) is 13.2 Å². The Kier molecular flexibility index (Phi) is 3.25. The second-order valence-electron chi connectivity index (χ2n) is 4.71. The summed E-state index contributed by atoms with van der Waals surface area (Å²) >= 11 is 0. The quantitative estimate of drug-likeness (QED) is 0.726. The van der Waals surface area contributed by atoms with E-state index >= 15 is 0 Å². The molecule has 2 aromatic carbocycles. The molecule has 0 radical (unpaired) electrons. The highest BCUT2D eigenvalue weighted by atomic mass is 19.2. The molecular weight excluding hydrogens is 279 g/mol. The van der Waals surface area contributed by atoms with Crippen molar-refractivity contribution in [2.45, 2.75) is 6.42 Å². The number of nitrogens with one attached hydrogen (secondary N) is 1. The van der Waals surface area contributed by atoms with Crippen LogP contribution in [0.25, 0.3) is 10.9 Å². The van der Waals surface area contributed by atoms with Crippen LogP contribution in [0, 0.1) is 17.5 Å². The number of carbonyl (C=O) groups excluding carboxylic acids is 1. The third-order valence-electron chi connectivity index (χ3n) is 3.33. The SMILES string of the molecule is O=C(Cc1cccc(F)c1F)c1c[nH]c2ccc(F)cc12. The maximum Gasteiger partial charge on any atom is 0.169 e. The number of halogens is 3. The summed E-state index contributed by atoms with van der Waals surface area (Å²) in [6.07, 6.45) is 1.16. The van der Waals surface area contributed by atoms with E-state index in [0.29, 0.717) is 10.9 Å². The number of Topliss-reactive ketones (excluding diaryl/α,β-unsaturated/α-hetero) is 1. The first kappa shape index (κ1) is 13.4. The number of aromatic amines is 1. The van der Waals surface area contributed by atoms with Gasteiger partial charge in [-0.2, -0.15) is 0 Å². The molecule has 1 N–H and O–H groups in total. The predicted molar refractivity (Wildman–Crippen MR) is 72.6 cm³/mol. The third kappa shape index (κ3) is 2.42. The predicted octanol–water partition coefficient (Wildman–Crippen LogP) is 4.01. The van der Waals surface area contributed by atoms with Crippen molar-refractivity contribution >= 4 is 16.7 Å². The fourth-order valence-electron chi connectivity index (χ4n) is 2.28. The van der Waals surface area contributed by atoms with E-state index in [2.05, 4.69) is 4.98 Å². The number of benzene rings is 2. The van der Waals surface area contributed by atoms with E-state index in [9.17, 15) is 18.0 Å². The maximum absolute atomic E-state index is 13.6. The van der Waals surface area contributed by atoms with Gasteiger partial charge in [0, 0.05) is 29.1 Å². The van der Waals surface area contributed by atoms with E-state index in [1.165, 1.54) is 36.5 Å². The summed E-state index contributed by atoms with van der Waals surface area (Å²) in [6, 6.07) is 7.72. The van der Waals surface area contributed by atoms with E-state index in [4.69, 9.17) is 0 Å². The number of hydrogen-bond acceptors (Lipinski definition) is 1. The van der Waals surface area contributed by atoms with Crippen LogP contribution in [0.15, 0.2) is 42.6 Å². The molecule has 0 bridgehead atoms. The van der Waals surface area contributed by atoms with E-state index in [0.717, 1.165) is 6.07 Å². The molecule has 0 saturated heterocycles. The lowest BCUT2D eigenvalue weighted by atomic mass is 10.0. The molecule has 0 aliphatic heterocycles. The minimum Gasteiger partial charge on any atom is -0.360 e. The van der Waals surface area contributed by atoms with Crippen LogP contribution in [0.5, 0.6) is 0 Å². The van der Waals surface area contributed by atoms with Gasteiger partial charge < -0.3 is 4.98 Å². The lowest BCUT2D eigenvalue weighted by Gasteiger charge is -2.03. The second kappa shape index (κ2) is 5.09. The van der Waals surface area contributed by atoms with Crippen molar-refractivity contribution < 1.29 is 18.0 Å². The Morgan fingerprint density at radius 3 is 2.71 bits per heavy atom. The van der Waals surface area contributed by atoms with Gasteiger partial charge in [-0.15, -0.1) is 0 Å². The van der Waals surface area contributed by atoms with E-state index in [1.807, 2.05) is 0 Å². The van der Waals surface area contributed by atoms with Gasteiger partial charge in [0.15, 0.2) is 17.4 Å². The molecule has 0 fully saturated rings. The van der Waals surface area contributed by atoms with Crippen LogP contribution >= 0.6 is 0 Å². The lowest BCUT2D eigenvalue weighted by molar-refractivity contribution is 0.0993. The minimum absolute atomic E-state index is 0.0225. The topological polar surface area (TPSA) is 32.9 Å². The van der Waals surface area contributed by atoms with Crippen LogP contribution in [0.4, 0.5) is 13.2 Å².